The van der Waals surface area contributed by atoms with E-state index >= 15 is 0 Å². The van der Waals surface area contributed by atoms with Crippen LogP contribution in [0.4, 0.5) is 0 Å². The molecule has 329 valence electrons. The van der Waals surface area contributed by atoms with Crippen LogP contribution in [0.25, 0.3) is 10.6 Å². The molecule has 20 unspecified atom stereocenters. The summed E-state index contributed by atoms with van der Waals surface area (Å²) in [5.41, 5.74) is 1.35. The fraction of sp³-hybridized carbons (Fsp3) is 1.00. The van der Waals surface area contributed by atoms with Gasteiger partial charge in [0, 0.05) is 0 Å². The maximum atomic E-state index is 5.88. The minimum Gasteiger partial charge on any atom is -0.632 e. The van der Waals surface area contributed by atoms with Crippen LogP contribution < -0.4 is 31.9 Å². The van der Waals surface area contributed by atoms with E-state index < -0.39 is 0 Å². The largest absolute Gasteiger partial charge is 2.00 e. The van der Waals surface area contributed by atoms with Gasteiger partial charge in [-0.3, -0.25) is 10.6 Å². The molecule has 0 amide bonds. The second kappa shape index (κ2) is 15.8. The standard InChI is InChI=1S/C48H86N8.Cu/c1-45(2,3)25-13-17-29-33(21-25)41-49-37(29)54-42-35-23-27(47(7,8)9)15-19-31(35)39(51-42)56-44-36-24-28(48(10,11)12)16-20-32(36)40(52-44)55-43-34-22-26(46(4,5)6)14-18-30(34)38(50-43)53-41;/h25-44,49,52-56H,13-24H2,1-12H3;/q-2;+2. The van der Waals surface area contributed by atoms with Crippen molar-refractivity contribution in [2.45, 2.75) is 209 Å². The first-order valence-electron chi connectivity index (χ1n) is 24.2. The zero-order valence-corrected chi connectivity index (χ0v) is 39.2. The Morgan fingerprint density at radius 2 is 0.544 bits per heavy atom. The van der Waals surface area contributed by atoms with Gasteiger partial charge in [-0.25, -0.2) is 0 Å². The van der Waals surface area contributed by atoms with E-state index in [9.17, 15) is 0 Å². The second-order valence-electron chi connectivity index (χ2n) is 25.8. The molecule has 8 bridgehead atoms. The molecule has 4 saturated carbocycles. The molecule has 0 aromatic rings. The second-order valence-corrected chi connectivity index (χ2v) is 25.8. The predicted molar refractivity (Wildman–Crippen MR) is 231 cm³/mol. The van der Waals surface area contributed by atoms with Crippen molar-refractivity contribution in [1.29, 1.82) is 0 Å². The maximum absolute atomic E-state index is 5.88. The molecule has 5 saturated heterocycles. The third kappa shape index (κ3) is 8.40. The summed E-state index contributed by atoms with van der Waals surface area (Å²) < 4.78 is 0. The van der Waals surface area contributed by atoms with Gasteiger partial charge >= 0.3 is 17.1 Å². The quantitative estimate of drug-likeness (QED) is 0.136. The Bertz CT molecular complexity index is 1190. The van der Waals surface area contributed by atoms with Crippen LogP contribution >= 0.6 is 0 Å². The summed E-state index contributed by atoms with van der Waals surface area (Å²) in [6.45, 7) is 29.8. The summed E-state index contributed by atoms with van der Waals surface area (Å²) >= 11 is 0. The summed E-state index contributed by atoms with van der Waals surface area (Å²) in [4.78, 5) is 0. The molecule has 0 aromatic heterocycles. The van der Waals surface area contributed by atoms with Gasteiger partial charge in [-0.05, 0) is 157 Å². The maximum Gasteiger partial charge on any atom is 2.00 e. The van der Waals surface area contributed by atoms with E-state index in [4.69, 9.17) is 10.6 Å². The summed E-state index contributed by atoms with van der Waals surface area (Å²) in [5.74, 6) is 7.88. The smallest absolute Gasteiger partial charge is 0.632 e. The minimum atomic E-state index is 0. The van der Waals surface area contributed by atoms with E-state index in [2.05, 4.69) is 115 Å². The van der Waals surface area contributed by atoms with Crippen LogP contribution in [0.15, 0.2) is 0 Å². The molecule has 4 aliphatic carbocycles. The Balaban J connectivity index is 0.00000455. The third-order valence-corrected chi connectivity index (χ3v) is 18.8. The van der Waals surface area contributed by atoms with Crippen LogP contribution in [0.5, 0.6) is 0 Å². The van der Waals surface area contributed by atoms with Crippen molar-refractivity contribution in [2.75, 3.05) is 0 Å². The number of nitrogens with zero attached hydrogens (tertiary/aromatic N) is 2. The SMILES string of the molecule is CC(C)(C)C1CCC2C3[N-]C(NC4NC(NC5[N-]C(NC6NC(N3)C3CC(C(C)(C)C)CCC63)C3CC(C(C)(C)C)CCC53)C3CC(C(C)(C)C)CCC43)C2C1.[Cu+2]. The van der Waals surface area contributed by atoms with Gasteiger partial charge in [-0.1, -0.05) is 121 Å². The molecule has 5 aliphatic heterocycles. The fourth-order valence-electron chi connectivity index (χ4n) is 14.9. The van der Waals surface area contributed by atoms with Crippen LogP contribution in [0.1, 0.15) is 160 Å². The molecule has 1 radical (unpaired) electrons. The van der Waals surface area contributed by atoms with Crippen molar-refractivity contribution in [3.8, 4) is 0 Å². The van der Waals surface area contributed by atoms with E-state index in [1.807, 2.05) is 0 Å². The van der Waals surface area contributed by atoms with Crippen molar-refractivity contribution in [1.82, 2.24) is 31.9 Å². The Morgan fingerprint density at radius 3 is 0.842 bits per heavy atom. The molecular weight excluding hydrogens is 752 g/mol. The van der Waals surface area contributed by atoms with E-state index in [0.717, 1.165) is 23.7 Å². The Labute approximate surface area is 360 Å². The molecule has 9 rings (SSSR count). The Morgan fingerprint density at radius 1 is 0.298 bits per heavy atom. The zero-order chi connectivity index (χ0) is 39.7. The third-order valence-electron chi connectivity index (χ3n) is 18.8. The number of nitrogens with one attached hydrogen (secondary N) is 6. The van der Waals surface area contributed by atoms with Crippen molar-refractivity contribution in [3.05, 3.63) is 10.6 Å². The molecule has 5 heterocycles. The van der Waals surface area contributed by atoms with Crippen molar-refractivity contribution >= 4 is 0 Å². The number of hydrogen-bond donors (Lipinski definition) is 6. The Kier molecular flexibility index (Phi) is 12.1. The van der Waals surface area contributed by atoms with E-state index in [-0.39, 0.29) is 54.1 Å². The monoisotopic (exact) mass is 838 g/mol. The van der Waals surface area contributed by atoms with Crippen LogP contribution in [-0.4, -0.2) is 49.3 Å². The molecule has 0 aromatic carbocycles. The van der Waals surface area contributed by atoms with Gasteiger partial charge in [0.25, 0.3) is 0 Å². The average Bonchev–Trinajstić information content (AvgIpc) is 3.84. The van der Waals surface area contributed by atoms with Crippen molar-refractivity contribution in [3.63, 3.8) is 0 Å². The van der Waals surface area contributed by atoms with Gasteiger partial charge < -0.3 is 31.9 Å². The van der Waals surface area contributed by atoms with E-state index in [1.54, 1.807) is 0 Å². The van der Waals surface area contributed by atoms with Crippen LogP contribution in [0.3, 0.4) is 0 Å². The number of hydrogen-bond acceptors (Lipinski definition) is 6. The number of fused-ring (bicyclic) bond motifs is 20. The average molecular weight is 839 g/mol. The molecule has 9 fully saturated rings. The summed E-state index contributed by atoms with van der Waals surface area (Å²) in [7, 11) is 0. The van der Waals surface area contributed by atoms with E-state index in [0.29, 0.717) is 81.3 Å². The predicted octanol–water partition coefficient (Wildman–Crippen LogP) is 9.26. The molecule has 9 heteroatoms. The normalized spacial score (nSPS) is 50.3. The van der Waals surface area contributed by atoms with Crippen LogP contribution in [0.2, 0.25) is 0 Å². The minimum absolute atomic E-state index is 0. The van der Waals surface area contributed by atoms with E-state index in [1.165, 1.54) is 77.0 Å². The summed E-state index contributed by atoms with van der Waals surface area (Å²) in [5, 5.41) is 37.9. The fourth-order valence-corrected chi connectivity index (χ4v) is 14.9. The number of rotatable bonds is 0. The summed E-state index contributed by atoms with van der Waals surface area (Å²) in [6, 6.07) is 0. The molecule has 57 heavy (non-hydrogen) atoms. The molecule has 20 atom stereocenters. The molecule has 6 N–H and O–H groups in total. The first-order valence-corrected chi connectivity index (χ1v) is 24.2. The van der Waals surface area contributed by atoms with Gasteiger partial charge in [-0.15, -0.1) is 0 Å². The molecule has 8 nitrogen and oxygen atoms in total. The molecule has 0 spiro atoms. The molecular formula is C48H86CuN8. The zero-order valence-electron chi connectivity index (χ0n) is 38.2. The van der Waals surface area contributed by atoms with Crippen molar-refractivity contribution < 1.29 is 17.1 Å². The summed E-state index contributed by atoms with van der Waals surface area (Å²) in [6.07, 6.45) is 17.7. The van der Waals surface area contributed by atoms with Gasteiger partial charge in [0.05, 0.1) is 24.7 Å². The van der Waals surface area contributed by atoms with Crippen LogP contribution in [-0.2, 0) is 17.1 Å². The first-order chi connectivity index (χ1) is 26.2. The Hall–Kier alpha value is 0.199. The van der Waals surface area contributed by atoms with Gasteiger partial charge in [-0.2, -0.15) is 0 Å². The van der Waals surface area contributed by atoms with Crippen LogP contribution in [0, 0.1) is 92.7 Å². The van der Waals surface area contributed by atoms with Gasteiger partial charge in [0.15, 0.2) is 0 Å². The topological polar surface area (TPSA) is 100 Å². The first kappa shape index (κ1) is 43.8. The van der Waals surface area contributed by atoms with Gasteiger partial charge in [0.2, 0.25) is 0 Å². The van der Waals surface area contributed by atoms with Gasteiger partial charge in [0.1, 0.15) is 0 Å². The molecule has 9 aliphatic rings. The van der Waals surface area contributed by atoms with Crippen molar-refractivity contribution in [2.24, 2.45) is 92.7 Å².